The van der Waals surface area contributed by atoms with Gasteiger partial charge in [0.05, 0.1) is 10.3 Å². The molecule has 2 aromatic rings. The van der Waals surface area contributed by atoms with Crippen molar-refractivity contribution in [3.8, 4) is 0 Å². The van der Waals surface area contributed by atoms with E-state index in [9.17, 15) is 4.79 Å². The first-order chi connectivity index (χ1) is 11.7. The molecule has 1 fully saturated rings. The van der Waals surface area contributed by atoms with E-state index in [0.717, 1.165) is 34.7 Å². The number of hydrogen-bond acceptors (Lipinski definition) is 6. The van der Waals surface area contributed by atoms with Gasteiger partial charge in [0.1, 0.15) is 17.8 Å². The van der Waals surface area contributed by atoms with Crippen molar-refractivity contribution in [1.82, 2.24) is 20.3 Å². The maximum atomic E-state index is 11.3. The number of amides is 1. The van der Waals surface area contributed by atoms with Crippen molar-refractivity contribution in [3.05, 3.63) is 29.2 Å². The van der Waals surface area contributed by atoms with Gasteiger partial charge in [-0.1, -0.05) is 0 Å². The van der Waals surface area contributed by atoms with E-state index in [-0.39, 0.29) is 0 Å². The quantitative estimate of drug-likeness (QED) is 0.762. The lowest BCUT2D eigenvalue weighted by Crippen LogP contribution is -2.28. The minimum absolute atomic E-state index is 0.397. The van der Waals surface area contributed by atoms with Gasteiger partial charge in [0.15, 0.2) is 0 Å². The number of nitrogens with one attached hydrogen (secondary N) is 2. The molecule has 8 heteroatoms. The number of primary amides is 1. The number of carbonyl (C=O) groups excluding carboxylic acids is 1. The summed E-state index contributed by atoms with van der Waals surface area (Å²) in [6.07, 6.45) is 7.97. The van der Waals surface area contributed by atoms with E-state index in [2.05, 4.69) is 20.3 Å². The van der Waals surface area contributed by atoms with Crippen LogP contribution in [0.25, 0.3) is 11.0 Å². The third-order valence-electron chi connectivity index (χ3n) is 3.98. The molecule has 2 aromatic heterocycles. The van der Waals surface area contributed by atoms with Crippen LogP contribution in [0.2, 0.25) is 0 Å². The lowest BCUT2D eigenvalue weighted by atomic mass is 10.2. The van der Waals surface area contributed by atoms with Crippen molar-refractivity contribution >= 4 is 34.5 Å². The Morgan fingerprint density at radius 3 is 2.79 bits per heavy atom. The first-order valence-electron chi connectivity index (χ1n) is 8.07. The summed E-state index contributed by atoms with van der Waals surface area (Å²) in [6.45, 7) is 5.29. The number of aromatic amines is 1. The highest BCUT2D eigenvalue weighted by atomic mass is 32.2. The fourth-order valence-corrected chi connectivity index (χ4v) is 3.59. The summed E-state index contributed by atoms with van der Waals surface area (Å²) < 4.78 is 0. The lowest BCUT2D eigenvalue weighted by Gasteiger charge is -2.25. The molecule has 0 radical (unpaired) electrons. The van der Waals surface area contributed by atoms with Crippen LogP contribution >= 0.6 is 11.8 Å². The molecule has 7 nitrogen and oxygen atoms in total. The van der Waals surface area contributed by atoms with Gasteiger partial charge in [0.25, 0.3) is 5.91 Å². The normalized spacial score (nSPS) is 17.4. The third kappa shape index (κ3) is 3.70. The maximum Gasteiger partial charge on any atom is 0.256 e. The van der Waals surface area contributed by atoms with Gasteiger partial charge in [-0.25, -0.2) is 9.97 Å². The van der Waals surface area contributed by atoms with Crippen LogP contribution in [0.15, 0.2) is 23.6 Å². The van der Waals surface area contributed by atoms with Crippen molar-refractivity contribution < 1.29 is 4.79 Å². The maximum absolute atomic E-state index is 11.3. The monoisotopic (exact) mass is 346 g/mol. The van der Waals surface area contributed by atoms with Crippen LogP contribution in [-0.2, 0) is 4.79 Å². The third-order valence-corrected chi connectivity index (χ3v) is 4.99. The average molecular weight is 346 g/mol. The number of nitrogens with zero attached hydrogens (tertiary/aromatic N) is 3. The molecule has 4 heterocycles. The van der Waals surface area contributed by atoms with Crippen molar-refractivity contribution in [2.75, 3.05) is 30.3 Å². The van der Waals surface area contributed by atoms with Gasteiger partial charge >= 0.3 is 0 Å². The molecular formula is C16H22N6OS. The van der Waals surface area contributed by atoms with E-state index in [1.807, 2.05) is 18.0 Å². The number of H-pyrrole nitrogens is 1. The smallest absolute Gasteiger partial charge is 0.256 e. The molecule has 0 aliphatic carbocycles. The van der Waals surface area contributed by atoms with Crippen LogP contribution in [0.3, 0.4) is 0 Å². The molecule has 0 saturated carbocycles. The molecule has 1 amide bonds. The van der Waals surface area contributed by atoms with E-state index >= 15 is 0 Å². The van der Waals surface area contributed by atoms with Crippen LogP contribution in [0.5, 0.6) is 0 Å². The number of aromatic nitrogens is 3. The molecule has 0 bridgehead atoms. The largest absolute Gasteiger partial charge is 0.365 e. The number of carbonyl (C=O) groups is 1. The summed E-state index contributed by atoms with van der Waals surface area (Å²) in [5.74, 6) is 1.22. The zero-order chi connectivity index (χ0) is 16.9. The Morgan fingerprint density at radius 1 is 1.33 bits per heavy atom. The molecule has 2 aliphatic rings. The predicted octanol–water partition coefficient (Wildman–Crippen LogP) is 1.52. The summed E-state index contributed by atoms with van der Waals surface area (Å²) in [4.78, 5) is 25.5. The summed E-state index contributed by atoms with van der Waals surface area (Å²) in [7, 11) is 0. The Labute approximate surface area is 145 Å². The van der Waals surface area contributed by atoms with Crippen LogP contribution in [0, 0.1) is 6.92 Å². The topological polar surface area (TPSA) is 99.9 Å². The summed E-state index contributed by atoms with van der Waals surface area (Å²) in [5, 5.41) is 4.20. The Bertz CT molecular complexity index is 744. The van der Waals surface area contributed by atoms with E-state index in [1.165, 1.54) is 44.0 Å². The Kier molecular flexibility index (Phi) is 5.37. The Morgan fingerprint density at radius 2 is 2.12 bits per heavy atom. The summed E-state index contributed by atoms with van der Waals surface area (Å²) in [6, 6.07) is 0. The highest BCUT2D eigenvalue weighted by Crippen LogP contribution is 2.30. The molecule has 0 unspecified atom stereocenters. The zero-order valence-electron chi connectivity index (χ0n) is 13.7. The van der Waals surface area contributed by atoms with Crippen molar-refractivity contribution in [3.63, 3.8) is 0 Å². The molecule has 0 spiro atoms. The minimum atomic E-state index is -0.397. The predicted molar refractivity (Wildman–Crippen MR) is 97.8 cm³/mol. The Hall–Kier alpha value is -2.06. The van der Waals surface area contributed by atoms with Crippen molar-refractivity contribution in [1.29, 1.82) is 0 Å². The van der Waals surface area contributed by atoms with Gasteiger partial charge in [0.2, 0.25) is 0 Å². The number of hydrogen-bond donors (Lipinski definition) is 3. The van der Waals surface area contributed by atoms with E-state index < -0.39 is 5.91 Å². The Balaban J connectivity index is 0.000000290. The van der Waals surface area contributed by atoms with Gasteiger partial charge in [-0.2, -0.15) is 0 Å². The van der Waals surface area contributed by atoms with Crippen LogP contribution in [-0.4, -0.2) is 46.2 Å². The van der Waals surface area contributed by atoms with Crippen LogP contribution in [0.4, 0.5) is 5.82 Å². The number of aryl methyl sites for hydroxylation is 1. The average Bonchev–Trinajstić information content (AvgIpc) is 3.29. The molecule has 128 valence electrons. The lowest BCUT2D eigenvalue weighted by molar-refractivity contribution is -0.113. The number of anilines is 1. The van der Waals surface area contributed by atoms with Gasteiger partial charge < -0.3 is 20.9 Å². The fraction of sp³-hybridized carbons (Fsp3) is 0.438. The van der Waals surface area contributed by atoms with Crippen LogP contribution < -0.4 is 16.0 Å². The van der Waals surface area contributed by atoms with Gasteiger partial charge in [-0.05, 0) is 38.4 Å². The first-order valence-corrected chi connectivity index (χ1v) is 9.06. The zero-order valence-corrected chi connectivity index (χ0v) is 14.5. The van der Waals surface area contributed by atoms with Gasteiger partial charge in [-0.3, -0.25) is 4.79 Å². The van der Waals surface area contributed by atoms with Gasteiger partial charge in [0, 0.05) is 24.7 Å². The second kappa shape index (κ2) is 7.67. The van der Waals surface area contributed by atoms with E-state index in [1.54, 1.807) is 6.20 Å². The minimum Gasteiger partial charge on any atom is -0.365 e. The second-order valence-electron chi connectivity index (χ2n) is 5.75. The standard InChI is InChI=1S/C12H13N5OS.C4H9N/c1-7-4-14-11-9(7)12(16-6-15-11)17-2-3-19-8(5-17)10(13)18;1-2-4-5-3-1/h4-6H,2-3H2,1H3,(H2,13,18)(H,14,15,16);5H,1-4H2. The fourth-order valence-electron chi connectivity index (χ4n) is 2.74. The molecule has 1 saturated heterocycles. The van der Waals surface area contributed by atoms with Crippen molar-refractivity contribution in [2.24, 2.45) is 5.73 Å². The number of fused-ring (bicyclic) bond motifs is 1. The van der Waals surface area contributed by atoms with Crippen molar-refractivity contribution in [2.45, 2.75) is 19.8 Å². The van der Waals surface area contributed by atoms with E-state index in [4.69, 9.17) is 5.73 Å². The SMILES string of the molecule is C1CCNC1.Cc1c[nH]c2ncnc(N3C=C(C(N)=O)SCC3)c12. The molecule has 0 atom stereocenters. The number of nitrogens with two attached hydrogens (primary N) is 1. The van der Waals surface area contributed by atoms with Crippen LogP contribution in [0.1, 0.15) is 18.4 Å². The molecular weight excluding hydrogens is 324 g/mol. The summed E-state index contributed by atoms with van der Waals surface area (Å²) >= 11 is 1.48. The second-order valence-corrected chi connectivity index (χ2v) is 6.89. The molecule has 4 N–H and O–H groups in total. The highest BCUT2D eigenvalue weighted by Gasteiger charge is 2.19. The van der Waals surface area contributed by atoms with Gasteiger partial charge in [-0.15, -0.1) is 11.8 Å². The first kappa shape index (κ1) is 16.8. The highest BCUT2D eigenvalue weighted by molar-refractivity contribution is 8.04. The molecule has 4 rings (SSSR count). The molecule has 2 aliphatic heterocycles. The summed E-state index contributed by atoms with van der Waals surface area (Å²) in [5.41, 5.74) is 7.22. The number of thioether (sulfide) groups is 1. The molecule has 0 aromatic carbocycles. The number of rotatable bonds is 2. The molecule has 24 heavy (non-hydrogen) atoms. The van der Waals surface area contributed by atoms with E-state index in [0.29, 0.717) is 4.91 Å².